The maximum absolute atomic E-state index is 12.7. The predicted molar refractivity (Wildman–Crippen MR) is 57.6 cm³/mol. The summed E-state index contributed by atoms with van der Waals surface area (Å²) in [5, 5.41) is 18.2. The molecule has 7 heteroatoms. The standard InChI is InChI=1S/C11H11F3N2O2/c1-16-9-3-7(5-18)6(4-17)2-8(9)15-10(16)11(12,13)14/h2-3,17-18H,4-5H2,1H3. The summed E-state index contributed by atoms with van der Waals surface area (Å²) >= 11 is 0. The monoisotopic (exact) mass is 260 g/mol. The van der Waals surface area contributed by atoms with E-state index < -0.39 is 12.0 Å². The highest BCUT2D eigenvalue weighted by molar-refractivity contribution is 5.78. The fraction of sp³-hybridized carbons (Fsp3) is 0.364. The number of hydrogen-bond acceptors (Lipinski definition) is 3. The minimum atomic E-state index is -4.54. The molecule has 1 aromatic carbocycles. The molecule has 0 fully saturated rings. The van der Waals surface area contributed by atoms with Crippen LogP contribution in [-0.2, 0) is 26.4 Å². The van der Waals surface area contributed by atoms with Gasteiger partial charge in [-0.3, -0.25) is 0 Å². The first-order chi connectivity index (χ1) is 8.38. The topological polar surface area (TPSA) is 58.3 Å². The number of aliphatic hydroxyl groups excluding tert-OH is 2. The van der Waals surface area contributed by atoms with Crippen molar-refractivity contribution in [1.82, 2.24) is 9.55 Å². The van der Waals surface area contributed by atoms with E-state index in [0.29, 0.717) is 11.1 Å². The van der Waals surface area contributed by atoms with Crippen LogP contribution in [0, 0.1) is 0 Å². The van der Waals surface area contributed by atoms with Crippen molar-refractivity contribution in [3.63, 3.8) is 0 Å². The highest BCUT2D eigenvalue weighted by Gasteiger charge is 2.36. The Morgan fingerprint density at radius 2 is 1.72 bits per heavy atom. The van der Waals surface area contributed by atoms with Crippen molar-refractivity contribution in [3.05, 3.63) is 29.1 Å². The summed E-state index contributed by atoms with van der Waals surface area (Å²) in [5.41, 5.74) is 1.17. The Labute approximate surface area is 100 Å². The molecule has 1 heterocycles. The van der Waals surface area contributed by atoms with E-state index >= 15 is 0 Å². The Kier molecular flexibility index (Phi) is 3.04. The van der Waals surface area contributed by atoms with E-state index in [1.54, 1.807) is 0 Å². The second-order valence-corrected chi connectivity index (χ2v) is 3.92. The zero-order chi connectivity index (χ0) is 13.5. The van der Waals surface area contributed by atoms with Crippen LogP contribution in [0.5, 0.6) is 0 Å². The van der Waals surface area contributed by atoms with Gasteiger partial charge < -0.3 is 14.8 Å². The number of aromatic nitrogens is 2. The van der Waals surface area contributed by atoms with Gasteiger partial charge in [-0.05, 0) is 23.3 Å². The van der Waals surface area contributed by atoms with E-state index in [1.807, 2.05) is 0 Å². The van der Waals surface area contributed by atoms with Gasteiger partial charge in [-0.2, -0.15) is 13.2 Å². The Balaban J connectivity index is 2.73. The molecule has 98 valence electrons. The van der Waals surface area contributed by atoms with Crippen LogP contribution in [0.25, 0.3) is 11.0 Å². The molecule has 0 atom stereocenters. The normalized spacial score (nSPS) is 12.3. The minimum Gasteiger partial charge on any atom is -0.392 e. The lowest BCUT2D eigenvalue weighted by atomic mass is 10.1. The quantitative estimate of drug-likeness (QED) is 0.861. The van der Waals surface area contributed by atoms with Crippen LogP contribution in [0.2, 0.25) is 0 Å². The van der Waals surface area contributed by atoms with Gasteiger partial charge in [0.15, 0.2) is 0 Å². The molecule has 0 amide bonds. The first-order valence-electron chi connectivity index (χ1n) is 5.15. The van der Waals surface area contributed by atoms with E-state index in [9.17, 15) is 13.2 Å². The third-order valence-corrected chi connectivity index (χ3v) is 2.80. The first kappa shape index (κ1) is 12.8. The summed E-state index contributed by atoms with van der Waals surface area (Å²) in [6.45, 7) is -0.706. The summed E-state index contributed by atoms with van der Waals surface area (Å²) in [7, 11) is 1.26. The number of fused-ring (bicyclic) bond motifs is 1. The molecule has 2 N–H and O–H groups in total. The third kappa shape index (κ3) is 1.95. The molecule has 0 spiro atoms. The first-order valence-corrected chi connectivity index (χ1v) is 5.15. The van der Waals surface area contributed by atoms with Crippen LogP contribution in [0.4, 0.5) is 13.2 Å². The molecule has 0 aliphatic rings. The third-order valence-electron chi connectivity index (χ3n) is 2.80. The van der Waals surface area contributed by atoms with Gasteiger partial charge in [0.05, 0.1) is 24.2 Å². The zero-order valence-electron chi connectivity index (χ0n) is 9.49. The number of aliphatic hydroxyl groups is 2. The molecule has 0 aliphatic heterocycles. The van der Waals surface area contributed by atoms with Gasteiger partial charge >= 0.3 is 6.18 Å². The maximum Gasteiger partial charge on any atom is 0.449 e. The van der Waals surface area contributed by atoms with Crippen LogP contribution in [-0.4, -0.2) is 19.8 Å². The molecule has 2 aromatic rings. The number of benzene rings is 1. The van der Waals surface area contributed by atoms with Crippen molar-refractivity contribution in [2.75, 3.05) is 0 Å². The predicted octanol–water partition coefficient (Wildman–Crippen LogP) is 1.58. The molecule has 2 rings (SSSR count). The average Bonchev–Trinajstić information content (AvgIpc) is 2.64. The van der Waals surface area contributed by atoms with Crippen molar-refractivity contribution in [3.8, 4) is 0 Å². The molecule has 0 aliphatic carbocycles. The van der Waals surface area contributed by atoms with Gasteiger partial charge in [-0.1, -0.05) is 0 Å². The number of hydrogen-bond donors (Lipinski definition) is 2. The number of aryl methyl sites for hydroxylation is 1. The Morgan fingerprint density at radius 3 is 2.22 bits per heavy atom. The molecular formula is C11H11F3N2O2. The lowest BCUT2D eigenvalue weighted by Crippen LogP contribution is -2.12. The van der Waals surface area contributed by atoms with Gasteiger partial charge in [0, 0.05) is 7.05 Å². The number of rotatable bonds is 2. The largest absolute Gasteiger partial charge is 0.449 e. The van der Waals surface area contributed by atoms with Crippen LogP contribution < -0.4 is 0 Å². The van der Waals surface area contributed by atoms with Crippen molar-refractivity contribution in [2.45, 2.75) is 19.4 Å². The highest BCUT2D eigenvalue weighted by Crippen LogP contribution is 2.31. The fourth-order valence-corrected chi connectivity index (χ4v) is 1.87. The van der Waals surface area contributed by atoms with E-state index in [0.717, 1.165) is 4.57 Å². The zero-order valence-corrected chi connectivity index (χ0v) is 9.49. The number of alkyl halides is 3. The fourth-order valence-electron chi connectivity index (χ4n) is 1.87. The van der Waals surface area contributed by atoms with Gasteiger partial charge in [0.25, 0.3) is 0 Å². The average molecular weight is 260 g/mol. The number of halogens is 3. The van der Waals surface area contributed by atoms with Gasteiger partial charge in [0.1, 0.15) is 0 Å². The summed E-state index contributed by atoms with van der Waals surface area (Å²) in [6, 6.07) is 2.76. The van der Waals surface area contributed by atoms with Crippen molar-refractivity contribution >= 4 is 11.0 Å². The summed E-state index contributed by atoms with van der Waals surface area (Å²) in [5.74, 6) is -1.00. The van der Waals surface area contributed by atoms with Crippen LogP contribution in [0.3, 0.4) is 0 Å². The summed E-state index contributed by atoms with van der Waals surface area (Å²) < 4.78 is 38.9. The molecule has 4 nitrogen and oxygen atoms in total. The SMILES string of the molecule is Cn1c(C(F)(F)F)nc2cc(CO)c(CO)cc21. The second-order valence-electron chi connectivity index (χ2n) is 3.92. The van der Waals surface area contributed by atoms with E-state index in [-0.39, 0.29) is 24.2 Å². The van der Waals surface area contributed by atoms with Crippen LogP contribution in [0.1, 0.15) is 17.0 Å². The van der Waals surface area contributed by atoms with Crippen molar-refractivity contribution in [1.29, 1.82) is 0 Å². The number of nitrogens with zero attached hydrogens (tertiary/aromatic N) is 2. The van der Waals surface area contributed by atoms with Gasteiger partial charge in [-0.25, -0.2) is 4.98 Å². The van der Waals surface area contributed by atoms with Crippen molar-refractivity contribution < 1.29 is 23.4 Å². The minimum absolute atomic E-state index is 0.145. The lowest BCUT2D eigenvalue weighted by molar-refractivity contribution is -0.146. The summed E-state index contributed by atoms with van der Waals surface area (Å²) in [6.07, 6.45) is -4.54. The maximum atomic E-state index is 12.7. The molecule has 0 radical (unpaired) electrons. The van der Waals surface area contributed by atoms with E-state index in [4.69, 9.17) is 10.2 Å². The van der Waals surface area contributed by atoms with Crippen molar-refractivity contribution in [2.24, 2.45) is 7.05 Å². The molecule has 0 bridgehead atoms. The van der Waals surface area contributed by atoms with E-state index in [1.165, 1.54) is 19.2 Å². The Morgan fingerprint density at radius 1 is 1.17 bits per heavy atom. The van der Waals surface area contributed by atoms with Gasteiger partial charge in [-0.15, -0.1) is 0 Å². The summed E-state index contributed by atoms with van der Waals surface area (Å²) in [4.78, 5) is 3.51. The Bertz CT molecular complexity index is 590. The van der Waals surface area contributed by atoms with Gasteiger partial charge in [0.2, 0.25) is 5.82 Å². The van der Waals surface area contributed by atoms with E-state index in [2.05, 4.69) is 4.98 Å². The smallest absolute Gasteiger partial charge is 0.392 e. The molecule has 18 heavy (non-hydrogen) atoms. The lowest BCUT2D eigenvalue weighted by Gasteiger charge is -2.07. The highest BCUT2D eigenvalue weighted by atomic mass is 19.4. The van der Waals surface area contributed by atoms with Crippen LogP contribution in [0.15, 0.2) is 12.1 Å². The molecule has 1 aromatic heterocycles. The van der Waals surface area contributed by atoms with Crippen LogP contribution >= 0.6 is 0 Å². The second kappa shape index (κ2) is 4.25. The molecule has 0 saturated heterocycles. The Hall–Kier alpha value is -1.60. The molecule has 0 saturated carbocycles. The molecular weight excluding hydrogens is 249 g/mol. The number of imidazole rings is 1. The molecule has 0 unspecified atom stereocenters.